The fraction of sp³-hybridized carbons (Fsp3) is 0.562. The molecule has 20 heavy (non-hydrogen) atoms. The Hall–Kier alpha value is -1.55. The van der Waals surface area contributed by atoms with Crippen LogP contribution >= 0.6 is 0 Å². The molecule has 1 fully saturated rings. The lowest BCUT2D eigenvalue weighted by atomic mass is 10.2. The van der Waals surface area contributed by atoms with Gasteiger partial charge in [-0.2, -0.15) is 0 Å². The van der Waals surface area contributed by atoms with E-state index in [1.165, 1.54) is 5.56 Å². The molecule has 0 unspecified atom stereocenters. The monoisotopic (exact) mass is 276 g/mol. The number of ether oxygens (including phenoxy) is 1. The van der Waals surface area contributed by atoms with Gasteiger partial charge in [0.05, 0.1) is 6.61 Å². The van der Waals surface area contributed by atoms with E-state index < -0.39 is 0 Å². The second-order valence-corrected chi connectivity index (χ2v) is 5.26. The van der Waals surface area contributed by atoms with Gasteiger partial charge in [-0.25, -0.2) is 0 Å². The van der Waals surface area contributed by atoms with Crippen LogP contribution in [-0.4, -0.2) is 25.1 Å². The first-order chi connectivity index (χ1) is 9.78. The number of benzene rings is 1. The third-order valence-corrected chi connectivity index (χ3v) is 3.17. The summed E-state index contributed by atoms with van der Waals surface area (Å²) >= 11 is 0. The molecule has 1 aliphatic rings. The van der Waals surface area contributed by atoms with Crippen molar-refractivity contribution in [3.8, 4) is 5.75 Å². The first kappa shape index (κ1) is 14.9. The van der Waals surface area contributed by atoms with Gasteiger partial charge >= 0.3 is 0 Å². The van der Waals surface area contributed by atoms with Crippen molar-refractivity contribution < 1.29 is 9.53 Å². The van der Waals surface area contributed by atoms with Gasteiger partial charge in [0.25, 0.3) is 0 Å². The highest BCUT2D eigenvalue weighted by Crippen LogP contribution is 2.18. The molecule has 0 spiro atoms. The zero-order valence-corrected chi connectivity index (χ0v) is 12.2. The van der Waals surface area contributed by atoms with E-state index >= 15 is 0 Å². The van der Waals surface area contributed by atoms with E-state index in [9.17, 15) is 4.79 Å². The topological polar surface area (TPSA) is 50.4 Å². The highest BCUT2D eigenvalue weighted by atomic mass is 16.5. The fourth-order valence-electron chi connectivity index (χ4n) is 1.93. The lowest BCUT2D eigenvalue weighted by molar-refractivity contribution is -0.121. The molecule has 1 aliphatic carbocycles. The van der Waals surface area contributed by atoms with E-state index in [0.29, 0.717) is 19.0 Å². The van der Waals surface area contributed by atoms with Crippen LogP contribution in [-0.2, 0) is 11.3 Å². The van der Waals surface area contributed by atoms with Gasteiger partial charge in [0, 0.05) is 25.6 Å². The van der Waals surface area contributed by atoms with Crippen molar-refractivity contribution in [1.82, 2.24) is 10.6 Å². The highest BCUT2D eigenvalue weighted by molar-refractivity contribution is 5.76. The minimum absolute atomic E-state index is 0.153. The number of carbonyl (C=O) groups is 1. The molecule has 0 radical (unpaired) electrons. The Morgan fingerprint density at radius 1 is 1.40 bits per heavy atom. The predicted octanol–water partition coefficient (Wildman–Crippen LogP) is 2.23. The largest absolute Gasteiger partial charge is 0.494 e. The van der Waals surface area contributed by atoms with Gasteiger partial charge < -0.3 is 15.4 Å². The zero-order chi connectivity index (χ0) is 14.2. The molecule has 110 valence electrons. The summed E-state index contributed by atoms with van der Waals surface area (Å²) in [6.07, 6.45) is 3.84. The van der Waals surface area contributed by atoms with Gasteiger partial charge in [0.1, 0.15) is 5.75 Å². The number of hydrogen-bond donors (Lipinski definition) is 2. The van der Waals surface area contributed by atoms with Gasteiger partial charge in [-0.05, 0) is 37.0 Å². The number of hydrogen-bond acceptors (Lipinski definition) is 3. The van der Waals surface area contributed by atoms with Crippen LogP contribution < -0.4 is 15.4 Å². The summed E-state index contributed by atoms with van der Waals surface area (Å²) < 4.78 is 5.60. The smallest absolute Gasteiger partial charge is 0.221 e. The molecule has 1 aromatic rings. The minimum atomic E-state index is 0.153. The summed E-state index contributed by atoms with van der Waals surface area (Å²) in [5.41, 5.74) is 1.18. The normalized spacial score (nSPS) is 14.1. The molecule has 0 bridgehead atoms. The van der Waals surface area contributed by atoms with Gasteiger partial charge in [0.15, 0.2) is 0 Å². The standard InChI is InChI=1S/C16H24N2O2/c1-2-10-20-15-5-3-4-13(11-15)12-17-9-8-16(19)18-14-6-7-14/h3-5,11,14,17H,2,6-10,12H2,1H3,(H,18,19). The van der Waals surface area contributed by atoms with Crippen LogP contribution in [0.15, 0.2) is 24.3 Å². The van der Waals surface area contributed by atoms with Crippen molar-refractivity contribution in [2.24, 2.45) is 0 Å². The summed E-state index contributed by atoms with van der Waals surface area (Å²) in [7, 11) is 0. The van der Waals surface area contributed by atoms with Crippen LogP contribution in [0.3, 0.4) is 0 Å². The molecule has 0 aromatic heterocycles. The Morgan fingerprint density at radius 2 is 2.25 bits per heavy atom. The third-order valence-electron chi connectivity index (χ3n) is 3.17. The molecule has 4 nitrogen and oxygen atoms in total. The van der Waals surface area contributed by atoms with Gasteiger partial charge in [0.2, 0.25) is 5.91 Å². The van der Waals surface area contributed by atoms with E-state index in [1.54, 1.807) is 0 Å². The molecule has 2 N–H and O–H groups in total. The quantitative estimate of drug-likeness (QED) is 0.680. The van der Waals surface area contributed by atoms with Crippen LogP contribution in [0.1, 0.15) is 38.2 Å². The van der Waals surface area contributed by atoms with Gasteiger partial charge in [-0.3, -0.25) is 4.79 Å². The van der Waals surface area contributed by atoms with Crippen LogP contribution in [0.4, 0.5) is 0 Å². The van der Waals surface area contributed by atoms with E-state index in [4.69, 9.17) is 4.74 Å². The SMILES string of the molecule is CCCOc1cccc(CNCCC(=O)NC2CC2)c1. The maximum Gasteiger partial charge on any atom is 0.221 e. The van der Waals surface area contributed by atoms with Gasteiger partial charge in [-0.1, -0.05) is 19.1 Å². The van der Waals surface area contributed by atoms with Crippen LogP contribution in [0.5, 0.6) is 5.75 Å². The maximum absolute atomic E-state index is 11.5. The van der Waals surface area contributed by atoms with Crippen molar-refractivity contribution >= 4 is 5.91 Å². The molecule has 2 rings (SSSR count). The predicted molar refractivity (Wildman–Crippen MR) is 79.7 cm³/mol. The molecular formula is C16H24N2O2. The third kappa shape index (κ3) is 5.61. The van der Waals surface area contributed by atoms with Crippen LogP contribution in [0.25, 0.3) is 0 Å². The van der Waals surface area contributed by atoms with E-state index in [-0.39, 0.29) is 5.91 Å². The highest BCUT2D eigenvalue weighted by Gasteiger charge is 2.22. The summed E-state index contributed by atoms with van der Waals surface area (Å²) in [6, 6.07) is 8.54. The molecule has 1 saturated carbocycles. The Balaban J connectivity index is 1.63. The lowest BCUT2D eigenvalue weighted by Crippen LogP contribution is -2.28. The average Bonchev–Trinajstić information content (AvgIpc) is 3.26. The molecular weight excluding hydrogens is 252 g/mol. The molecule has 0 heterocycles. The fourth-order valence-corrected chi connectivity index (χ4v) is 1.93. The molecule has 1 aromatic carbocycles. The van der Waals surface area contributed by atoms with Crippen molar-refractivity contribution in [2.75, 3.05) is 13.2 Å². The summed E-state index contributed by atoms with van der Waals surface area (Å²) in [5, 5.41) is 6.28. The van der Waals surface area contributed by atoms with Gasteiger partial charge in [-0.15, -0.1) is 0 Å². The molecule has 0 aliphatic heterocycles. The first-order valence-corrected chi connectivity index (χ1v) is 7.49. The van der Waals surface area contributed by atoms with Crippen molar-refractivity contribution in [2.45, 2.75) is 45.2 Å². The number of rotatable bonds is 9. The molecule has 4 heteroatoms. The van der Waals surface area contributed by atoms with Crippen LogP contribution in [0, 0.1) is 0 Å². The Morgan fingerprint density at radius 3 is 3.00 bits per heavy atom. The lowest BCUT2D eigenvalue weighted by Gasteiger charge is -2.08. The summed E-state index contributed by atoms with van der Waals surface area (Å²) in [4.78, 5) is 11.5. The van der Waals surface area contributed by atoms with Crippen molar-refractivity contribution in [3.05, 3.63) is 29.8 Å². The van der Waals surface area contributed by atoms with Crippen molar-refractivity contribution in [3.63, 3.8) is 0 Å². The number of amides is 1. The summed E-state index contributed by atoms with van der Waals surface area (Å²) in [6.45, 7) is 4.31. The molecule has 1 amide bonds. The van der Waals surface area contributed by atoms with E-state index in [2.05, 4.69) is 23.6 Å². The second kappa shape index (κ2) is 7.90. The van der Waals surface area contributed by atoms with Crippen LogP contribution in [0.2, 0.25) is 0 Å². The maximum atomic E-state index is 11.5. The minimum Gasteiger partial charge on any atom is -0.494 e. The Kier molecular flexibility index (Phi) is 5.87. The van der Waals surface area contributed by atoms with E-state index in [1.807, 2.05) is 18.2 Å². The first-order valence-electron chi connectivity index (χ1n) is 7.49. The number of nitrogens with one attached hydrogen (secondary N) is 2. The summed E-state index contributed by atoms with van der Waals surface area (Å²) in [5.74, 6) is 1.07. The Bertz CT molecular complexity index is 430. The molecule has 0 saturated heterocycles. The average molecular weight is 276 g/mol. The Labute approximate surface area is 120 Å². The zero-order valence-electron chi connectivity index (χ0n) is 12.2. The van der Waals surface area contributed by atoms with E-state index in [0.717, 1.165) is 38.2 Å². The molecule has 0 atom stereocenters. The number of carbonyl (C=O) groups excluding carboxylic acids is 1. The van der Waals surface area contributed by atoms with Crippen molar-refractivity contribution in [1.29, 1.82) is 0 Å². The second-order valence-electron chi connectivity index (χ2n) is 5.26.